The third-order valence-corrected chi connectivity index (χ3v) is 2.39. The lowest BCUT2D eigenvalue weighted by Gasteiger charge is -2.23. The van der Waals surface area contributed by atoms with Gasteiger partial charge >= 0.3 is 12.1 Å². The topological polar surface area (TPSA) is 84.9 Å². The molecule has 1 aromatic rings. The Balaban J connectivity index is 3.01. The number of benzene rings is 1. The molecule has 6 nitrogen and oxygen atoms in total. The van der Waals surface area contributed by atoms with E-state index in [0.717, 1.165) is 13.2 Å². The summed E-state index contributed by atoms with van der Waals surface area (Å²) in [7, 11) is 1.12. The zero-order chi connectivity index (χ0) is 16.2. The number of ether oxygens (including phenoxy) is 2. The third-order valence-electron chi connectivity index (χ3n) is 2.39. The van der Waals surface area contributed by atoms with E-state index < -0.39 is 29.5 Å². The molecule has 0 aliphatic carbocycles. The van der Waals surface area contributed by atoms with Crippen molar-refractivity contribution in [1.29, 1.82) is 0 Å². The van der Waals surface area contributed by atoms with Crippen LogP contribution in [-0.2, 0) is 14.3 Å². The summed E-state index contributed by atoms with van der Waals surface area (Å²) in [5.41, 5.74) is -0.899. The molecule has 0 bridgehead atoms. The number of halogens is 1. The Kier molecular flexibility index (Phi) is 5.12. The Hall–Kier alpha value is -2.31. The van der Waals surface area contributed by atoms with Crippen LogP contribution in [0.3, 0.4) is 0 Å². The maximum Gasteiger partial charge on any atom is 0.408 e. The lowest BCUT2D eigenvalue weighted by molar-refractivity contribution is -0.143. The number of methoxy groups -OCH3 is 1. The molecule has 21 heavy (non-hydrogen) atoms. The predicted octanol–water partition coefficient (Wildman–Crippen LogP) is 2.27. The largest absolute Gasteiger partial charge is 0.508 e. The van der Waals surface area contributed by atoms with Crippen LogP contribution >= 0.6 is 0 Å². The fourth-order valence-electron chi connectivity index (χ4n) is 1.56. The van der Waals surface area contributed by atoms with Gasteiger partial charge in [0.1, 0.15) is 17.2 Å². The minimum Gasteiger partial charge on any atom is -0.508 e. The summed E-state index contributed by atoms with van der Waals surface area (Å²) in [5, 5.41) is 11.4. The fourth-order valence-corrected chi connectivity index (χ4v) is 1.56. The van der Waals surface area contributed by atoms with Crippen LogP contribution in [0.15, 0.2) is 18.2 Å². The second kappa shape index (κ2) is 6.43. The summed E-state index contributed by atoms with van der Waals surface area (Å²) in [5.74, 6) is -2.00. The molecule has 0 saturated heterocycles. The summed E-state index contributed by atoms with van der Waals surface area (Å²) >= 11 is 0. The highest BCUT2D eigenvalue weighted by Crippen LogP contribution is 2.23. The third kappa shape index (κ3) is 4.94. The van der Waals surface area contributed by atoms with Crippen LogP contribution in [0.1, 0.15) is 32.4 Å². The highest BCUT2D eigenvalue weighted by Gasteiger charge is 2.28. The molecule has 0 saturated carbocycles. The number of phenols is 1. The van der Waals surface area contributed by atoms with Gasteiger partial charge in [-0.3, -0.25) is 0 Å². The Morgan fingerprint density at radius 3 is 2.43 bits per heavy atom. The van der Waals surface area contributed by atoms with Crippen molar-refractivity contribution in [3.63, 3.8) is 0 Å². The number of rotatable bonds is 3. The van der Waals surface area contributed by atoms with Crippen LogP contribution in [0.25, 0.3) is 0 Å². The summed E-state index contributed by atoms with van der Waals surface area (Å²) < 4.78 is 23.4. The number of esters is 1. The number of hydrogen-bond donors (Lipinski definition) is 2. The smallest absolute Gasteiger partial charge is 0.408 e. The molecule has 7 heteroatoms. The zero-order valence-electron chi connectivity index (χ0n) is 12.3. The first kappa shape index (κ1) is 16.7. The van der Waals surface area contributed by atoms with Crippen LogP contribution in [0.2, 0.25) is 0 Å². The lowest BCUT2D eigenvalue weighted by Crippen LogP contribution is -2.38. The first-order chi connectivity index (χ1) is 9.64. The number of nitrogens with one attached hydrogen (secondary N) is 1. The quantitative estimate of drug-likeness (QED) is 0.836. The summed E-state index contributed by atoms with van der Waals surface area (Å²) in [6.07, 6.45) is -0.884. The molecule has 1 atom stereocenters. The Labute approximate surface area is 121 Å². The number of amides is 1. The van der Waals surface area contributed by atoms with Gasteiger partial charge in [-0.15, -0.1) is 0 Å². The number of alkyl carbamates (subject to hydrolysis) is 1. The van der Waals surface area contributed by atoms with E-state index in [1.165, 1.54) is 12.1 Å². The molecular formula is C14H18FNO5. The van der Waals surface area contributed by atoms with Crippen molar-refractivity contribution in [2.24, 2.45) is 0 Å². The van der Waals surface area contributed by atoms with E-state index in [2.05, 4.69) is 10.1 Å². The molecular weight excluding hydrogens is 281 g/mol. The van der Waals surface area contributed by atoms with Crippen LogP contribution in [0, 0.1) is 5.82 Å². The number of phenolic OH excluding ortho intramolecular Hbond substituents is 1. The number of carbonyl (C=O) groups is 2. The van der Waals surface area contributed by atoms with Gasteiger partial charge in [0.2, 0.25) is 0 Å². The number of hydrogen-bond acceptors (Lipinski definition) is 5. The molecule has 1 rings (SSSR count). The van der Waals surface area contributed by atoms with Crippen molar-refractivity contribution in [3.8, 4) is 5.75 Å². The molecule has 1 amide bonds. The van der Waals surface area contributed by atoms with Gasteiger partial charge in [0, 0.05) is 11.6 Å². The highest BCUT2D eigenvalue weighted by molar-refractivity contribution is 5.82. The number of carbonyl (C=O) groups excluding carboxylic acids is 2. The molecule has 0 spiro atoms. The second-order valence-corrected chi connectivity index (χ2v) is 5.31. The molecule has 0 aliphatic rings. The van der Waals surface area contributed by atoms with Gasteiger partial charge in [-0.2, -0.15) is 0 Å². The van der Waals surface area contributed by atoms with Gasteiger partial charge in [-0.1, -0.05) is 0 Å². The second-order valence-electron chi connectivity index (χ2n) is 5.31. The van der Waals surface area contributed by atoms with Gasteiger partial charge in [-0.05, 0) is 32.9 Å². The van der Waals surface area contributed by atoms with Crippen molar-refractivity contribution >= 4 is 12.1 Å². The lowest BCUT2D eigenvalue weighted by atomic mass is 10.1. The zero-order valence-corrected chi connectivity index (χ0v) is 12.3. The minimum atomic E-state index is -1.37. The molecule has 1 aromatic carbocycles. The normalized spacial score (nSPS) is 12.4. The maximum atomic E-state index is 13.8. The number of aromatic hydroxyl groups is 1. The fraction of sp³-hybridized carbons (Fsp3) is 0.429. The molecule has 0 heterocycles. The minimum absolute atomic E-state index is 0.134. The van der Waals surface area contributed by atoms with Crippen LogP contribution in [-0.4, -0.2) is 29.9 Å². The molecule has 116 valence electrons. The summed E-state index contributed by atoms with van der Waals surface area (Å²) in [6.45, 7) is 4.96. The van der Waals surface area contributed by atoms with Crippen molar-refractivity contribution < 1.29 is 28.6 Å². The maximum absolute atomic E-state index is 13.8. The van der Waals surface area contributed by atoms with Gasteiger partial charge in [0.25, 0.3) is 0 Å². The van der Waals surface area contributed by atoms with Crippen molar-refractivity contribution in [3.05, 3.63) is 29.6 Å². The van der Waals surface area contributed by atoms with E-state index in [1.807, 2.05) is 0 Å². The molecule has 0 aromatic heterocycles. The van der Waals surface area contributed by atoms with E-state index in [-0.39, 0.29) is 11.3 Å². The highest BCUT2D eigenvalue weighted by atomic mass is 19.1. The van der Waals surface area contributed by atoms with Crippen molar-refractivity contribution in [2.75, 3.05) is 7.11 Å². The Morgan fingerprint density at radius 2 is 1.95 bits per heavy atom. The van der Waals surface area contributed by atoms with E-state index in [9.17, 15) is 19.1 Å². The van der Waals surface area contributed by atoms with Crippen LogP contribution in [0.5, 0.6) is 5.75 Å². The van der Waals surface area contributed by atoms with E-state index in [0.29, 0.717) is 0 Å². The van der Waals surface area contributed by atoms with Gasteiger partial charge in [-0.25, -0.2) is 14.0 Å². The molecule has 0 aliphatic heterocycles. The van der Waals surface area contributed by atoms with E-state index in [4.69, 9.17) is 4.74 Å². The predicted molar refractivity (Wildman–Crippen MR) is 72.2 cm³/mol. The summed E-state index contributed by atoms with van der Waals surface area (Å²) in [6, 6.07) is 1.85. The van der Waals surface area contributed by atoms with Gasteiger partial charge in [0.05, 0.1) is 7.11 Å². The van der Waals surface area contributed by atoms with Crippen LogP contribution < -0.4 is 5.32 Å². The molecule has 2 N–H and O–H groups in total. The van der Waals surface area contributed by atoms with Crippen LogP contribution in [0.4, 0.5) is 9.18 Å². The van der Waals surface area contributed by atoms with Gasteiger partial charge in [0.15, 0.2) is 6.04 Å². The van der Waals surface area contributed by atoms with Crippen molar-refractivity contribution in [1.82, 2.24) is 5.32 Å². The molecule has 0 unspecified atom stereocenters. The Bertz CT molecular complexity index is 539. The SMILES string of the molecule is COC(=O)[C@H](NC(=O)OC(C)(C)C)c1ccc(O)cc1F. The first-order valence-corrected chi connectivity index (χ1v) is 6.20. The molecule has 0 fully saturated rings. The van der Waals surface area contributed by atoms with E-state index >= 15 is 0 Å². The monoisotopic (exact) mass is 299 g/mol. The standard InChI is InChI=1S/C14H18FNO5/c1-14(2,3)21-13(19)16-11(12(18)20-4)9-6-5-8(17)7-10(9)15/h5-7,11,17H,1-4H3,(H,16,19)/t11-/m1/s1. The van der Waals surface area contributed by atoms with Gasteiger partial charge < -0.3 is 19.9 Å². The average Bonchev–Trinajstić information content (AvgIpc) is 2.33. The average molecular weight is 299 g/mol. The first-order valence-electron chi connectivity index (χ1n) is 6.20. The Morgan fingerprint density at radius 1 is 1.33 bits per heavy atom. The molecule has 0 radical (unpaired) electrons. The van der Waals surface area contributed by atoms with E-state index in [1.54, 1.807) is 20.8 Å². The van der Waals surface area contributed by atoms with Crippen molar-refractivity contribution in [2.45, 2.75) is 32.4 Å². The summed E-state index contributed by atoms with van der Waals surface area (Å²) in [4.78, 5) is 23.5.